The van der Waals surface area contributed by atoms with E-state index in [9.17, 15) is 4.79 Å². The van der Waals surface area contributed by atoms with Crippen LogP contribution >= 0.6 is 24.0 Å². The number of aryl methyl sites for hydroxylation is 1. The second-order valence-corrected chi connectivity index (χ2v) is 10.3. The summed E-state index contributed by atoms with van der Waals surface area (Å²) in [6, 6.07) is 16.4. The molecule has 4 rings (SSSR count). The molecule has 0 bridgehead atoms. The molecular weight excluding hydrogens is 503 g/mol. The molecule has 200 valence electrons. The number of hydrogen-bond acceptors (Lipinski definition) is 3. The predicted octanol–water partition coefficient (Wildman–Crippen LogP) is 6.51. The van der Waals surface area contributed by atoms with Crippen LogP contribution in [0, 0.1) is 20.8 Å². The van der Waals surface area contributed by atoms with E-state index in [4.69, 9.17) is 11.6 Å². The van der Waals surface area contributed by atoms with Crippen LogP contribution in [0.1, 0.15) is 46.9 Å². The molecule has 2 heterocycles. The quantitative estimate of drug-likeness (QED) is 0.313. The van der Waals surface area contributed by atoms with Crippen molar-refractivity contribution >= 4 is 35.6 Å². The van der Waals surface area contributed by atoms with Gasteiger partial charge in [0.2, 0.25) is 0 Å². The van der Waals surface area contributed by atoms with E-state index in [2.05, 4.69) is 58.7 Å². The molecule has 0 saturated carbocycles. The monoisotopic (exact) mass is 542 g/mol. The van der Waals surface area contributed by atoms with Crippen molar-refractivity contribution in [1.29, 1.82) is 0 Å². The Hall–Kier alpha value is -2.47. The summed E-state index contributed by atoms with van der Waals surface area (Å²) in [5.41, 5.74) is 8.03. The van der Waals surface area contributed by atoms with Gasteiger partial charge in [-0.2, -0.15) is 0 Å². The number of anilines is 1. The lowest BCUT2D eigenvalue weighted by molar-refractivity contribution is 0.0950. The molecule has 0 spiro atoms. The van der Waals surface area contributed by atoms with Crippen molar-refractivity contribution in [2.75, 3.05) is 44.2 Å². The molecule has 1 aliphatic rings. The number of nitrogens with zero attached hydrogens (tertiary/aromatic N) is 3. The minimum atomic E-state index is 0. The Bertz CT molecular complexity index is 1180. The molecule has 1 fully saturated rings. The van der Waals surface area contributed by atoms with Crippen molar-refractivity contribution in [2.24, 2.45) is 0 Å². The molecule has 2 aromatic carbocycles. The van der Waals surface area contributed by atoms with Gasteiger partial charge in [-0.3, -0.25) is 9.69 Å². The zero-order valence-corrected chi connectivity index (χ0v) is 24.1. The maximum atomic E-state index is 13.1. The number of benzene rings is 2. The summed E-state index contributed by atoms with van der Waals surface area (Å²) in [5, 5.41) is 3.88. The first-order chi connectivity index (χ1) is 17.4. The normalized spacial score (nSPS) is 13.9. The number of rotatable bonds is 9. The maximum Gasteiger partial charge on any atom is 0.253 e. The first-order valence-electron chi connectivity index (χ1n) is 13.2. The standard InChI is InChI=1S/C30H39ClN4O.ClH/c1-5-15-35-24(4)27(21-29(35)25-10-12-26(31)13-11-25)30(36)32-14-7-16-33-17-19-34(20-18-33)28-9-6-8-22(2)23(28)3;/h6,8-13,21H,5,7,14-20H2,1-4H3,(H,32,36);1H. The van der Waals surface area contributed by atoms with Gasteiger partial charge < -0.3 is 14.8 Å². The number of carbonyl (C=O) groups excluding carboxylic acids is 1. The Morgan fingerprint density at radius 3 is 2.35 bits per heavy atom. The number of carbonyl (C=O) groups is 1. The summed E-state index contributed by atoms with van der Waals surface area (Å²) >= 11 is 6.08. The lowest BCUT2D eigenvalue weighted by Gasteiger charge is -2.37. The Balaban J connectivity index is 0.00000380. The summed E-state index contributed by atoms with van der Waals surface area (Å²) in [6.07, 6.45) is 1.96. The van der Waals surface area contributed by atoms with Gasteiger partial charge in [0.05, 0.1) is 5.56 Å². The highest BCUT2D eigenvalue weighted by molar-refractivity contribution is 6.30. The lowest BCUT2D eigenvalue weighted by Crippen LogP contribution is -2.47. The zero-order chi connectivity index (χ0) is 25.7. The van der Waals surface area contributed by atoms with Gasteiger partial charge >= 0.3 is 0 Å². The number of halogens is 2. The highest BCUT2D eigenvalue weighted by Crippen LogP contribution is 2.28. The van der Waals surface area contributed by atoms with Gasteiger partial charge in [-0.05, 0) is 81.1 Å². The number of amides is 1. The fraction of sp³-hybridized carbons (Fsp3) is 0.433. The first-order valence-corrected chi connectivity index (χ1v) is 13.5. The molecule has 1 aromatic heterocycles. The van der Waals surface area contributed by atoms with Gasteiger partial charge in [0.15, 0.2) is 0 Å². The summed E-state index contributed by atoms with van der Waals surface area (Å²) < 4.78 is 2.24. The fourth-order valence-corrected chi connectivity index (χ4v) is 5.26. The lowest BCUT2D eigenvalue weighted by atomic mass is 10.1. The van der Waals surface area contributed by atoms with Crippen LogP contribution in [0.3, 0.4) is 0 Å². The van der Waals surface area contributed by atoms with E-state index in [0.29, 0.717) is 11.6 Å². The Morgan fingerprint density at radius 2 is 1.68 bits per heavy atom. The van der Waals surface area contributed by atoms with Crippen molar-refractivity contribution in [3.8, 4) is 11.3 Å². The molecule has 7 heteroatoms. The SMILES string of the molecule is CCCn1c(-c2ccc(Cl)cc2)cc(C(=O)NCCCN2CCN(c3cccc(C)c3C)CC2)c1C.Cl. The second kappa shape index (κ2) is 13.4. The summed E-state index contributed by atoms with van der Waals surface area (Å²) in [6.45, 7) is 15.4. The third-order valence-corrected chi connectivity index (χ3v) is 7.68. The minimum absolute atomic E-state index is 0. The van der Waals surface area contributed by atoms with Crippen molar-refractivity contribution < 1.29 is 4.79 Å². The molecule has 0 atom stereocenters. The Morgan fingerprint density at radius 1 is 0.973 bits per heavy atom. The molecular formula is C30H40Cl2N4O. The number of piperazine rings is 1. The maximum absolute atomic E-state index is 13.1. The van der Waals surface area contributed by atoms with Gasteiger partial charge in [0, 0.05) is 61.4 Å². The van der Waals surface area contributed by atoms with Gasteiger partial charge in [0.25, 0.3) is 5.91 Å². The summed E-state index contributed by atoms with van der Waals surface area (Å²) in [4.78, 5) is 18.1. The molecule has 1 saturated heterocycles. The Labute approximate surface area is 233 Å². The van der Waals surface area contributed by atoms with Crippen LogP contribution in [0.2, 0.25) is 5.02 Å². The van der Waals surface area contributed by atoms with Gasteiger partial charge in [-0.1, -0.05) is 42.8 Å². The van der Waals surface area contributed by atoms with E-state index in [-0.39, 0.29) is 18.3 Å². The molecule has 1 N–H and O–H groups in total. The second-order valence-electron chi connectivity index (χ2n) is 9.84. The molecule has 5 nitrogen and oxygen atoms in total. The van der Waals surface area contributed by atoms with Crippen LogP contribution in [0.5, 0.6) is 0 Å². The summed E-state index contributed by atoms with van der Waals surface area (Å²) in [5.74, 6) is 0.0114. The van der Waals surface area contributed by atoms with Gasteiger partial charge in [-0.25, -0.2) is 0 Å². The predicted molar refractivity (Wildman–Crippen MR) is 159 cm³/mol. The van der Waals surface area contributed by atoms with E-state index >= 15 is 0 Å². The zero-order valence-electron chi connectivity index (χ0n) is 22.5. The van der Waals surface area contributed by atoms with Crippen LogP contribution < -0.4 is 10.2 Å². The molecule has 1 amide bonds. The number of nitrogens with one attached hydrogen (secondary N) is 1. The van der Waals surface area contributed by atoms with Gasteiger partial charge in [0.1, 0.15) is 0 Å². The largest absolute Gasteiger partial charge is 0.369 e. The fourth-order valence-electron chi connectivity index (χ4n) is 5.14. The molecule has 37 heavy (non-hydrogen) atoms. The van der Waals surface area contributed by atoms with Crippen molar-refractivity contribution in [2.45, 2.75) is 47.1 Å². The summed E-state index contributed by atoms with van der Waals surface area (Å²) in [7, 11) is 0. The number of hydrogen-bond donors (Lipinski definition) is 1. The van der Waals surface area contributed by atoms with Crippen LogP contribution in [0.15, 0.2) is 48.5 Å². The highest BCUT2D eigenvalue weighted by atomic mass is 35.5. The third kappa shape index (κ3) is 6.90. The van der Waals surface area contributed by atoms with Crippen molar-refractivity contribution in [3.63, 3.8) is 0 Å². The van der Waals surface area contributed by atoms with Crippen molar-refractivity contribution in [1.82, 2.24) is 14.8 Å². The van der Waals surface area contributed by atoms with E-state index < -0.39 is 0 Å². The van der Waals surface area contributed by atoms with Gasteiger partial charge in [-0.15, -0.1) is 12.4 Å². The molecule has 1 aliphatic heterocycles. The van der Waals surface area contributed by atoms with Crippen LogP contribution in [-0.2, 0) is 6.54 Å². The number of aromatic nitrogens is 1. The van der Waals surface area contributed by atoms with Crippen molar-refractivity contribution in [3.05, 3.63) is 75.9 Å². The van der Waals surface area contributed by atoms with Crippen LogP contribution in [0.25, 0.3) is 11.3 Å². The average Bonchev–Trinajstić information content (AvgIpc) is 3.20. The van der Waals surface area contributed by atoms with E-state index in [1.54, 1.807) is 0 Å². The highest BCUT2D eigenvalue weighted by Gasteiger charge is 2.20. The first kappa shape index (κ1) is 29.1. The molecule has 0 aliphatic carbocycles. The smallest absolute Gasteiger partial charge is 0.253 e. The Kier molecular flexibility index (Phi) is 10.5. The third-order valence-electron chi connectivity index (χ3n) is 7.42. The van der Waals surface area contributed by atoms with Crippen LogP contribution in [-0.4, -0.2) is 54.6 Å². The van der Waals surface area contributed by atoms with Crippen LogP contribution in [0.4, 0.5) is 5.69 Å². The topological polar surface area (TPSA) is 40.5 Å². The van der Waals surface area contributed by atoms with E-state index in [1.807, 2.05) is 37.3 Å². The molecule has 0 radical (unpaired) electrons. The minimum Gasteiger partial charge on any atom is -0.369 e. The molecule has 3 aromatic rings. The molecule has 0 unspecified atom stereocenters. The van der Waals surface area contributed by atoms with E-state index in [0.717, 1.165) is 74.6 Å². The average molecular weight is 544 g/mol. The van der Waals surface area contributed by atoms with E-state index in [1.165, 1.54) is 16.8 Å².